The summed E-state index contributed by atoms with van der Waals surface area (Å²) in [5.41, 5.74) is -2.68. The van der Waals surface area contributed by atoms with Crippen LogP contribution in [0.15, 0.2) is 48.5 Å². The number of aliphatic hydroxyl groups is 1. The van der Waals surface area contributed by atoms with Crippen molar-refractivity contribution in [3.05, 3.63) is 65.5 Å². The van der Waals surface area contributed by atoms with E-state index in [1.807, 2.05) is 0 Å². The first-order valence-corrected chi connectivity index (χ1v) is 7.03. The molecule has 0 saturated heterocycles. The largest absolute Gasteiger partial charge is 0.508 e. The highest BCUT2D eigenvalue weighted by atomic mass is 19.1. The summed E-state index contributed by atoms with van der Waals surface area (Å²) in [6.45, 7) is 0. The van der Waals surface area contributed by atoms with Crippen LogP contribution in [-0.2, 0) is 15.2 Å². The van der Waals surface area contributed by atoms with Crippen LogP contribution in [0, 0.1) is 5.82 Å². The minimum Gasteiger partial charge on any atom is -0.508 e. The van der Waals surface area contributed by atoms with Crippen LogP contribution in [0.1, 0.15) is 17.5 Å². The molecule has 6 nitrogen and oxygen atoms in total. The third kappa shape index (κ3) is 3.27. The Bertz CT molecular complexity index is 730. The highest BCUT2D eigenvalue weighted by Crippen LogP contribution is 2.39. The number of hydroxylamine groups is 2. The number of nitrogens with zero attached hydrogens (tertiary/aromatic N) is 1. The lowest BCUT2D eigenvalue weighted by Crippen LogP contribution is -2.38. The highest BCUT2D eigenvalue weighted by Gasteiger charge is 2.40. The van der Waals surface area contributed by atoms with Crippen molar-refractivity contribution < 1.29 is 29.4 Å². The van der Waals surface area contributed by atoms with Crippen molar-refractivity contribution in [3.63, 3.8) is 0 Å². The molecular weight excluding hydrogens is 317 g/mol. The van der Waals surface area contributed by atoms with E-state index < -0.39 is 29.5 Å². The van der Waals surface area contributed by atoms with Gasteiger partial charge in [0.25, 0.3) is 0 Å². The van der Waals surface area contributed by atoms with E-state index in [1.165, 1.54) is 42.5 Å². The highest BCUT2D eigenvalue weighted by molar-refractivity contribution is 6.35. The van der Waals surface area contributed by atoms with E-state index in [-0.39, 0.29) is 21.9 Å². The maximum atomic E-state index is 14.2. The molecule has 0 radical (unpaired) electrons. The molecular formula is C17H16FNO5. The van der Waals surface area contributed by atoms with Gasteiger partial charge in [0.05, 0.1) is 6.42 Å². The summed E-state index contributed by atoms with van der Waals surface area (Å²) in [4.78, 5) is 23.7. The van der Waals surface area contributed by atoms with Crippen LogP contribution in [0.3, 0.4) is 0 Å². The van der Waals surface area contributed by atoms with E-state index in [9.17, 15) is 24.2 Å². The zero-order chi connectivity index (χ0) is 17.9. The van der Waals surface area contributed by atoms with E-state index in [1.54, 1.807) is 0 Å². The van der Waals surface area contributed by atoms with Gasteiger partial charge in [-0.15, -0.1) is 0 Å². The lowest BCUT2D eigenvalue weighted by atomic mass is 9.81. The second kappa shape index (κ2) is 6.77. The average Bonchev–Trinajstić information content (AvgIpc) is 2.54. The van der Waals surface area contributed by atoms with E-state index in [4.69, 9.17) is 5.21 Å². The van der Waals surface area contributed by atoms with Gasteiger partial charge in [-0.25, -0.2) is 9.45 Å². The zero-order valence-corrected chi connectivity index (χ0v) is 12.8. The number of benzene rings is 2. The molecule has 0 heterocycles. The molecule has 1 amide bonds. The van der Waals surface area contributed by atoms with Crippen LogP contribution in [-0.4, -0.2) is 39.2 Å². The number of Topliss-reactive ketones (excluding diaryl/α,β-unsaturated/α-hetero) is 1. The smallest absolute Gasteiger partial charge is 0.313 e. The molecule has 2 rings (SSSR count). The Morgan fingerprint density at radius 3 is 2.17 bits per heavy atom. The fraction of sp³-hybridized carbons (Fsp3) is 0.176. The van der Waals surface area contributed by atoms with Crippen molar-refractivity contribution in [2.24, 2.45) is 0 Å². The first kappa shape index (κ1) is 17.6. The van der Waals surface area contributed by atoms with Crippen LogP contribution in [0.2, 0.25) is 0 Å². The van der Waals surface area contributed by atoms with Gasteiger partial charge >= 0.3 is 5.91 Å². The number of ketones is 1. The Balaban J connectivity index is 2.59. The summed E-state index contributed by atoms with van der Waals surface area (Å²) >= 11 is 0. The number of rotatable bonds is 5. The van der Waals surface area contributed by atoms with Crippen LogP contribution in [0.4, 0.5) is 4.39 Å². The number of hydrogen-bond acceptors (Lipinski definition) is 5. The maximum Gasteiger partial charge on any atom is 0.313 e. The molecule has 1 unspecified atom stereocenters. The second-order valence-corrected chi connectivity index (χ2v) is 5.29. The lowest BCUT2D eigenvalue weighted by Gasteiger charge is -2.29. The molecule has 0 spiro atoms. The van der Waals surface area contributed by atoms with Gasteiger partial charge in [-0.3, -0.25) is 14.8 Å². The van der Waals surface area contributed by atoms with Gasteiger partial charge in [0.1, 0.15) is 17.2 Å². The Labute approximate surface area is 137 Å². The number of carbonyl (C=O) groups is 2. The second-order valence-electron chi connectivity index (χ2n) is 5.29. The number of phenolic OH excluding ortho intramolecular Hbond substituents is 1. The first-order chi connectivity index (χ1) is 11.3. The Morgan fingerprint density at radius 1 is 1.08 bits per heavy atom. The summed E-state index contributed by atoms with van der Waals surface area (Å²) in [7, 11) is 0.961. The van der Waals surface area contributed by atoms with Gasteiger partial charge < -0.3 is 10.2 Å². The fourth-order valence-electron chi connectivity index (χ4n) is 2.44. The molecule has 0 aliphatic carbocycles. The van der Waals surface area contributed by atoms with E-state index in [2.05, 4.69) is 0 Å². The predicted octanol–water partition coefficient (Wildman–Crippen LogP) is 1.57. The van der Waals surface area contributed by atoms with Gasteiger partial charge in [0.2, 0.25) is 5.78 Å². The van der Waals surface area contributed by atoms with Crippen LogP contribution in [0.25, 0.3) is 0 Å². The molecule has 0 aliphatic rings. The summed E-state index contributed by atoms with van der Waals surface area (Å²) in [6.07, 6.45) is -0.852. The molecule has 2 aromatic carbocycles. The Kier molecular flexibility index (Phi) is 4.96. The van der Waals surface area contributed by atoms with Crippen molar-refractivity contribution in [2.45, 2.75) is 12.0 Å². The molecule has 24 heavy (non-hydrogen) atoms. The van der Waals surface area contributed by atoms with E-state index in [0.29, 0.717) is 0 Å². The Hall–Kier alpha value is -2.77. The third-order valence-electron chi connectivity index (χ3n) is 3.62. The number of hydrogen-bond donors (Lipinski definition) is 3. The van der Waals surface area contributed by atoms with Crippen molar-refractivity contribution in [2.75, 3.05) is 7.05 Å². The fourth-order valence-corrected chi connectivity index (χ4v) is 2.44. The number of halogens is 1. The number of amides is 1. The number of phenols is 1. The van der Waals surface area contributed by atoms with Crippen molar-refractivity contribution in [1.82, 2.24) is 5.06 Å². The SMILES string of the molecule is CN(O)C(=O)C(=O)CC(O)(c1ccccc1O)c1ccccc1F. The normalized spacial score (nSPS) is 13.2. The molecule has 0 aromatic heterocycles. The quantitative estimate of drug-likeness (QED) is 0.438. The van der Waals surface area contributed by atoms with Crippen molar-refractivity contribution >= 4 is 11.7 Å². The zero-order valence-electron chi connectivity index (χ0n) is 12.8. The molecule has 126 valence electrons. The summed E-state index contributed by atoms with van der Waals surface area (Å²) in [6, 6.07) is 10.8. The van der Waals surface area contributed by atoms with Gasteiger partial charge in [-0.1, -0.05) is 36.4 Å². The maximum absolute atomic E-state index is 14.2. The molecule has 7 heteroatoms. The van der Waals surface area contributed by atoms with Gasteiger partial charge in [0, 0.05) is 18.2 Å². The third-order valence-corrected chi connectivity index (χ3v) is 3.62. The standard InChI is InChI=1S/C17H16FNO5/c1-19(24)16(22)15(21)10-17(23,11-6-2-4-8-13(11)18)12-7-3-5-9-14(12)20/h2-9,20,23-24H,10H2,1H3. The van der Waals surface area contributed by atoms with Crippen molar-refractivity contribution in [3.8, 4) is 5.75 Å². The Morgan fingerprint density at radius 2 is 1.62 bits per heavy atom. The first-order valence-electron chi connectivity index (χ1n) is 7.03. The molecule has 0 fully saturated rings. The summed E-state index contributed by atoms with van der Waals surface area (Å²) in [5, 5.41) is 30.2. The van der Waals surface area contributed by atoms with E-state index >= 15 is 0 Å². The van der Waals surface area contributed by atoms with Gasteiger partial charge in [-0.2, -0.15) is 0 Å². The summed E-state index contributed by atoms with van der Waals surface area (Å²) < 4.78 is 14.2. The topological polar surface area (TPSA) is 98.1 Å². The minimum absolute atomic E-state index is 0.0783. The monoisotopic (exact) mass is 333 g/mol. The van der Waals surface area contributed by atoms with Crippen LogP contribution in [0.5, 0.6) is 5.75 Å². The molecule has 3 N–H and O–H groups in total. The number of likely N-dealkylation sites (N-methyl/N-ethyl adjacent to an activating group) is 1. The van der Waals surface area contributed by atoms with Crippen LogP contribution >= 0.6 is 0 Å². The minimum atomic E-state index is -2.28. The van der Waals surface area contributed by atoms with Crippen molar-refractivity contribution in [1.29, 1.82) is 0 Å². The van der Waals surface area contributed by atoms with Crippen LogP contribution < -0.4 is 0 Å². The molecule has 1 atom stereocenters. The number of para-hydroxylation sites is 1. The average molecular weight is 333 g/mol. The molecule has 0 bridgehead atoms. The molecule has 2 aromatic rings. The predicted molar refractivity (Wildman–Crippen MR) is 81.7 cm³/mol. The molecule has 0 saturated carbocycles. The van der Waals surface area contributed by atoms with E-state index in [0.717, 1.165) is 13.1 Å². The lowest BCUT2D eigenvalue weighted by molar-refractivity contribution is -0.166. The summed E-state index contributed by atoms with van der Waals surface area (Å²) in [5.74, 6) is -3.57. The van der Waals surface area contributed by atoms with Gasteiger partial charge in [-0.05, 0) is 12.1 Å². The number of carbonyl (C=O) groups excluding carboxylic acids is 2. The molecule has 0 aliphatic heterocycles. The van der Waals surface area contributed by atoms with Gasteiger partial charge in [0.15, 0.2) is 0 Å². The number of aromatic hydroxyl groups is 1.